The van der Waals surface area contributed by atoms with Gasteiger partial charge in [0.25, 0.3) is 11.8 Å². The number of sulfonamides is 1. The van der Waals surface area contributed by atoms with Crippen molar-refractivity contribution < 1.29 is 36.7 Å². The molecule has 1 saturated heterocycles. The maximum atomic E-state index is 14.6. The number of aromatic nitrogens is 2. The van der Waals surface area contributed by atoms with Crippen LogP contribution in [0.2, 0.25) is 0 Å². The van der Waals surface area contributed by atoms with Gasteiger partial charge in [-0.15, -0.1) is 11.3 Å². The molecule has 5 unspecified atom stereocenters. The van der Waals surface area contributed by atoms with E-state index in [2.05, 4.69) is 25.3 Å². The van der Waals surface area contributed by atoms with Crippen LogP contribution in [0.1, 0.15) is 91.4 Å². The average molecular weight is 781 g/mol. The summed E-state index contributed by atoms with van der Waals surface area (Å²) in [6.45, 7) is 3.72. The molecule has 0 spiro atoms. The third-order valence-electron chi connectivity index (χ3n) is 10.9. The molecule has 3 fully saturated rings. The summed E-state index contributed by atoms with van der Waals surface area (Å²) < 4.78 is 48.6. The van der Waals surface area contributed by atoms with Crippen LogP contribution in [0, 0.1) is 18.7 Å². The number of hydrogen-bond acceptors (Lipinski definition) is 10. The second kappa shape index (κ2) is 15.4. The summed E-state index contributed by atoms with van der Waals surface area (Å²) in [5, 5.41) is 5.21. The summed E-state index contributed by atoms with van der Waals surface area (Å²) >= 11 is 1.32. The molecule has 5 atom stereocenters. The van der Waals surface area contributed by atoms with Gasteiger partial charge in [0.1, 0.15) is 35.2 Å². The maximum Gasteiger partial charge on any atom is 0.262 e. The molecular weight excluding hydrogens is 736 g/mol. The SMILES string of the molecule is CCc1nc2ccc(F)cc2nc1OC1CC2C(=O)NC3(C(=O)NS(=O)(=O)C4CC4)CCC3C=CCCCCCC(NC(=O)c3ccc(C)s3)C(=O)N2C1. The number of thiophene rings is 1. The van der Waals surface area contributed by atoms with E-state index < -0.39 is 74.4 Å². The second-order valence-electron chi connectivity index (χ2n) is 14.7. The van der Waals surface area contributed by atoms with E-state index in [-0.39, 0.29) is 30.8 Å². The van der Waals surface area contributed by atoms with Crippen LogP contribution in [-0.4, -0.2) is 82.4 Å². The molecular formula is C38H45FN6O7S2. The largest absolute Gasteiger partial charge is 0.471 e. The topological polar surface area (TPSA) is 177 Å². The van der Waals surface area contributed by atoms with Gasteiger partial charge in [-0.05, 0) is 82.6 Å². The van der Waals surface area contributed by atoms with E-state index >= 15 is 0 Å². The molecule has 288 valence electrons. The normalized spacial score (nSPS) is 26.5. The van der Waals surface area contributed by atoms with Crippen LogP contribution in [0.3, 0.4) is 0 Å². The van der Waals surface area contributed by atoms with E-state index in [9.17, 15) is 32.0 Å². The Morgan fingerprint density at radius 1 is 1.07 bits per heavy atom. The highest BCUT2D eigenvalue weighted by atomic mass is 32.2. The van der Waals surface area contributed by atoms with Crippen molar-refractivity contribution in [3.63, 3.8) is 0 Å². The number of nitrogens with one attached hydrogen (secondary N) is 3. The summed E-state index contributed by atoms with van der Waals surface area (Å²) in [5.41, 5.74) is -0.252. The number of amides is 4. The number of carbonyl (C=O) groups excluding carboxylic acids is 4. The molecule has 4 heterocycles. The summed E-state index contributed by atoms with van der Waals surface area (Å²) in [6.07, 6.45) is 8.47. The maximum absolute atomic E-state index is 14.6. The first kappa shape index (κ1) is 37.9. The number of ether oxygens (including phenoxy) is 1. The van der Waals surface area contributed by atoms with E-state index in [0.717, 1.165) is 17.7 Å². The Morgan fingerprint density at radius 3 is 2.59 bits per heavy atom. The Morgan fingerprint density at radius 2 is 1.89 bits per heavy atom. The van der Waals surface area contributed by atoms with Crippen molar-refractivity contribution in [2.75, 3.05) is 6.54 Å². The number of allylic oxidation sites excluding steroid dienone is 1. The predicted octanol–water partition coefficient (Wildman–Crippen LogP) is 4.24. The molecule has 3 N–H and O–H groups in total. The number of fused-ring (bicyclic) bond motifs is 3. The number of aryl methyl sites for hydroxylation is 2. The van der Waals surface area contributed by atoms with Gasteiger partial charge in [0.2, 0.25) is 27.7 Å². The van der Waals surface area contributed by atoms with Gasteiger partial charge in [-0.3, -0.25) is 23.9 Å². The highest BCUT2D eigenvalue weighted by Gasteiger charge is 2.56. The van der Waals surface area contributed by atoms with Crippen molar-refractivity contribution in [1.82, 2.24) is 30.2 Å². The summed E-state index contributed by atoms with van der Waals surface area (Å²) in [5.74, 6) is -3.09. The van der Waals surface area contributed by atoms with Crippen molar-refractivity contribution in [2.45, 2.75) is 113 Å². The molecule has 1 aromatic carbocycles. The number of benzene rings is 1. The first-order valence-electron chi connectivity index (χ1n) is 18.7. The minimum absolute atomic E-state index is 0.00690. The highest BCUT2D eigenvalue weighted by Crippen LogP contribution is 2.42. The third kappa shape index (κ3) is 7.86. The lowest BCUT2D eigenvalue weighted by Crippen LogP contribution is -2.70. The smallest absolute Gasteiger partial charge is 0.262 e. The van der Waals surface area contributed by atoms with Gasteiger partial charge < -0.3 is 20.3 Å². The van der Waals surface area contributed by atoms with Crippen molar-refractivity contribution in [3.8, 4) is 5.88 Å². The molecule has 0 radical (unpaired) electrons. The minimum atomic E-state index is -3.92. The van der Waals surface area contributed by atoms with Crippen molar-refractivity contribution in [2.24, 2.45) is 5.92 Å². The van der Waals surface area contributed by atoms with Crippen LogP contribution in [0.25, 0.3) is 11.0 Å². The van der Waals surface area contributed by atoms with Crippen LogP contribution in [-0.2, 0) is 30.8 Å². The van der Waals surface area contributed by atoms with Gasteiger partial charge in [-0.25, -0.2) is 22.8 Å². The number of carbonyl (C=O) groups is 4. The Hall–Kier alpha value is -4.44. The third-order valence-corrected chi connectivity index (χ3v) is 13.7. The summed E-state index contributed by atoms with van der Waals surface area (Å²) in [4.78, 5) is 68.4. The molecule has 54 heavy (non-hydrogen) atoms. The number of halogens is 1. The van der Waals surface area contributed by atoms with Gasteiger partial charge in [-0.2, -0.15) is 0 Å². The van der Waals surface area contributed by atoms with Crippen LogP contribution in [0.5, 0.6) is 5.88 Å². The molecule has 4 aliphatic rings. The lowest BCUT2D eigenvalue weighted by molar-refractivity contribution is -0.144. The van der Waals surface area contributed by atoms with Gasteiger partial charge in [0.05, 0.1) is 27.7 Å². The van der Waals surface area contributed by atoms with Crippen molar-refractivity contribution >= 4 is 56.0 Å². The zero-order valence-electron chi connectivity index (χ0n) is 30.3. The fourth-order valence-corrected chi connectivity index (χ4v) is 9.67. The molecule has 13 nitrogen and oxygen atoms in total. The van der Waals surface area contributed by atoms with Gasteiger partial charge >= 0.3 is 0 Å². The molecule has 2 aliphatic heterocycles. The van der Waals surface area contributed by atoms with E-state index in [1.54, 1.807) is 6.07 Å². The Labute approximate surface area is 317 Å². The first-order chi connectivity index (χ1) is 25.9. The van der Waals surface area contributed by atoms with Crippen molar-refractivity contribution in [1.29, 1.82) is 0 Å². The number of hydrogen-bond donors (Lipinski definition) is 3. The van der Waals surface area contributed by atoms with Crippen LogP contribution in [0.4, 0.5) is 4.39 Å². The highest BCUT2D eigenvalue weighted by molar-refractivity contribution is 7.91. The lowest BCUT2D eigenvalue weighted by Gasteiger charge is -2.47. The quantitative estimate of drug-likeness (QED) is 0.282. The van der Waals surface area contributed by atoms with Gasteiger partial charge in [0.15, 0.2) is 0 Å². The molecule has 7 rings (SSSR count). The first-order valence-corrected chi connectivity index (χ1v) is 21.1. The number of nitrogens with zero attached hydrogens (tertiary/aromatic N) is 3. The van der Waals surface area contributed by atoms with E-state index in [1.807, 2.05) is 32.1 Å². The molecule has 16 heteroatoms. The molecule has 0 bridgehead atoms. The van der Waals surface area contributed by atoms with E-state index in [0.29, 0.717) is 61.0 Å². The summed E-state index contributed by atoms with van der Waals surface area (Å²) in [7, 11) is -3.92. The molecule has 2 aromatic heterocycles. The Balaban J connectivity index is 1.22. The fraction of sp³-hybridized carbons (Fsp3) is 0.526. The average Bonchev–Trinajstić information content (AvgIpc) is 3.79. The zero-order chi connectivity index (χ0) is 38.2. The van der Waals surface area contributed by atoms with Crippen LogP contribution in [0.15, 0.2) is 42.5 Å². The number of rotatable bonds is 8. The second-order valence-corrected chi connectivity index (χ2v) is 18.0. The Bertz CT molecular complexity index is 2100. The van der Waals surface area contributed by atoms with Crippen LogP contribution < -0.4 is 20.1 Å². The van der Waals surface area contributed by atoms with E-state index in [1.165, 1.54) is 34.4 Å². The summed E-state index contributed by atoms with van der Waals surface area (Å²) in [6, 6.07) is 5.53. The standard InChI is InChI=1S/C38H45FN6O7S2/c1-3-27-35(42-30-19-24(39)12-15-28(30)40-27)52-25-20-31-33(46)43-38(37(49)44-54(50,51)26-13-14-26)18-17-23(38)9-7-5-4-6-8-10-29(36(48)45(31)21-25)41-34(47)32-16-11-22(2)53-32/h7,9,11-12,15-16,19,23,25-26,29,31H,3-6,8,10,13-14,17-18,20-21H2,1-2H3,(H,41,47)(H,43,46)(H,44,49). The molecule has 3 aromatic rings. The van der Waals surface area contributed by atoms with Gasteiger partial charge in [-0.1, -0.05) is 31.9 Å². The Kier molecular flexibility index (Phi) is 10.8. The molecule has 4 amide bonds. The van der Waals surface area contributed by atoms with E-state index in [4.69, 9.17) is 4.74 Å². The fourth-order valence-electron chi connectivity index (χ4n) is 7.54. The van der Waals surface area contributed by atoms with Crippen LogP contribution >= 0.6 is 11.3 Å². The lowest BCUT2D eigenvalue weighted by atomic mass is 9.65. The molecule has 2 aliphatic carbocycles. The predicted molar refractivity (Wildman–Crippen MR) is 200 cm³/mol. The monoisotopic (exact) mass is 780 g/mol. The van der Waals surface area contributed by atoms with Crippen molar-refractivity contribution in [3.05, 3.63) is 63.7 Å². The van der Waals surface area contributed by atoms with Gasteiger partial charge in [0, 0.05) is 23.3 Å². The minimum Gasteiger partial charge on any atom is -0.471 e. The molecule has 2 saturated carbocycles. The zero-order valence-corrected chi connectivity index (χ0v) is 31.9.